The molecule has 0 unspecified atom stereocenters. The highest BCUT2D eigenvalue weighted by Gasteiger charge is 2.28. The fraction of sp³-hybridized carbons (Fsp3) is 0.207. The third-order valence-corrected chi connectivity index (χ3v) is 6.50. The Morgan fingerprint density at radius 3 is 2.43 bits per heavy atom. The largest absolute Gasteiger partial charge is 0.497 e. The summed E-state index contributed by atoms with van der Waals surface area (Å²) in [5.74, 6) is 2.13. The van der Waals surface area contributed by atoms with Crippen LogP contribution in [0.15, 0.2) is 84.9 Å². The zero-order chi connectivity index (χ0) is 24.2. The number of anilines is 1. The van der Waals surface area contributed by atoms with Crippen molar-refractivity contribution in [2.45, 2.75) is 18.9 Å². The Morgan fingerprint density at radius 2 is 1.66 bits per heavy atom. The van der Waals surface area contributed by atoms with Crippen LogP contribution in [0, 0.1) is 0 Å². The van der Waals surface area contributed by atoms with Gasteiger partial charge in [0.25, 0.3) is 0 Å². The molecule has 1 heterocycles. The van der Waals surface area contributed by atoms with Gasteiger partial charge in [0.15, 0.2) is 5.75 Å². The molecule has 5 rings (SSSR count). The van der Waals surface area contributed by atoms with Crippen molar-refractivity contribution in [1.29, 1.82) is 0 Å². The Bertz CT molecular complexity index is 1340. The summed E-state index contributed by atoms with van der Waals surface area (Å²) < 4.78 is 11.6. The fourth-order valence-corrected chi connectivity index (χ4v) is 4.60. The molecule has 6 nitrogen and oxygen atoms in total. The molecule has 0 aromatic heterocycles. The average molecular weight is 469 g/mol. The van der Waals surface area contributed by atoms with Gasteiger partial charge in [-0.1, -0.05) is 42.5 Å². The van der Waals surface area contributed by atoms with Gasteiger partial charge < -0.3 is 24.8 Å². The van der Waals surface area contributed by atoms with Gasteiger partial charge in [-0.2, -0.15) is 0 Å². The molecule has 1 aliphatic rings. The van der Waals surface area contributed by atoms with Crippen molar-refractivity contribution in [1.82, 2.24) is 4.90 Å². The molecule has 4 aromatic carbocycles. The molecule has 0 bridgehead atoms. The zero-order valence-electron chi connectivity index (χ0n) is 19.6. The van der Waals surface area contributed by atoms with Gasteiger partial charge in [0.1, 0.15) is 11.5 Å². The van der Waals surface area contributed by atoms with E-state index in [1.807, 2.05) is 48.5 Å². The normalized spacial score (nSPS) is 15.2. The minimum Gasteiger partial charge on any atom is -0.497 e. The second-order valence-electron chi connectivity index (χ2n) is 8.70. The predicted octanol–water partition coefficient (Wildman–Crippen LogP) is 6.86. The Kier molecular flexibility index (Phi) is 6.44. The van der Waals surface area contributed by atoms with Crippen molar-refractivity contribution in [3.8, 4) is 28.4 Å². The second kappa shape index (κ2) is 9.97. The number of rotatable bonds is 7. The maximum absolute atomic E-state index is 11.5. The van der Waals surface area contributed by atoms with Crippen LogP contribution in [0.5, 0.6) is 17.2 Å². The first kappa shape index (κ1) is 22.6. The molecule has 0 radical (unpaired) electrons. The maximum Gasteiger partial charge on any atom is 0.407 e. The number of benzene rings is 4. The Hall–Kier alpha value is -4.19. The van der Waals surface area contributed by atoms with Gasteiger partial charge in [0.2, 0.25) is 0 Å². The monoisotopic (exact) mass is 468 g/mol. The molecular weight excluding hydrogens is 440 g/mol. The molecule has 2 N–H and O–H groups in total. The van der Waals surface area contributed by atoms with E-state index in [2.05, 4.69) is 41.7 Å². The SMILES string of the molecule is COc1ccc(Oc2cc(-c3ccc4ccccc4c3)ccc2NC[C@@H]2CCCN2C(=O)O)cc1. The van der Waals surface area contributed by atoms with E-state index < -0.39 is 6.09 Å². The highest BCUT2D eigenvalue weighted by atomic mass is 16.5. The van der Waals surface area contributed by atoms with E-state index in [1.54, 1.807) is 7.11 Å². The number of likely N-dealkylation sites (tertiary alicyclic amines) is 1. The highest BCUT2D eigenvalue weighted by Crippen LogP contribution is 2.36. The molecule has 0 saturated carbocycles. The second-order valence-corrected chi connectivity index (χ2v) is 8.70. The van der Waals surface area contributed by atoms with Gasteiger partial charge in [-0.25, -0.2) is 4.79 Å². The van der Waals surface area contributed by atoms with Gasteiger partial charge in [0.05, 0.1) is 18.8 Å². The topological polar surface area (TPSA) is 71.0 Å². The van der Waals surface area contributed by atoms with E-state index in [4.69, 9.17) is 9.47 Å². The number of hydrogen-bond acceptors (Lipinski definition) is 4. The maximum atomic E-state index is 11.5. The number of fused-ring (bicyclic) bond motifs is 1. The first-order valence-corrected chi connectivity index (χ1v) is 11.8. The van der Waals surface area contributed by atoms with Gasteiger partial charge in [-0.15, -0.1) is 0 Å². The number of carboxylic acid groups (broad SMARTS) is 1. The summed E-state index contributed by atoms with van der Waals surface area (Å²) in [4.78, 5) is 13.1. The molecule has 1 amide bonds. The first-order valence-electron chi connectivity index (χ1n) is 11.8. The van der Waals surface area contributed by atoms with E-state index in [0.717, 1.165) is 35.4 Å². The zero-order valence-corrected chi connectivity index (χ0v) is 19.6. The van der Waals surface area contributed by atoms with E-state index >= 15 is 0 Å². The summed E-state index contributed by atoms with van der Waals surface area (Å²) in [6, 6.07) is 28.2. The van der Waals surface area contributed by atoms with Gasteiger partial charge in [-0.3, -0.25) is 0 Å². The standard InChI is InChI=1S/C29H28N2O4/c1-34-25-11-13-26(14-12-25)35-28-18-23(22-9-8-20-5-2-3-6-21(20)17-22)10-15-27(28)30-19-24-7-4-16-31(24)29(32)33/h2-3,5-6,8-15,17-18,24,30H,4,7,16,19H2,1H3,(H,32,33)/t24-/m0/s1. The molecule has 1 fully saturated rings. The minimum absolute atomic E-state index is 0.0542. The van der Waals surface area contributed by atoms with Crippen molar-refractivity contribution >= 4 is 22.6 Å². The lowest BCUT2D eigenvalue weighted by Gasteiger charge is -2.23. The number of amides is 1. The summed E-state index contributed by atoms with van der Waals surface area (Å²) in [7, 11) is 1.63. The van der Waals surface area contributed by atoms with Gasteiger partial charge in [-0.05, 0) is 77.2 Å². The van der Waals surface area contributed by atoms with Crippen LogP contribution in [0.3, 0.4) is 0 Å². The smallest absolute Gasteiger partial charge is 0.407 e. The number of ether oxygens (including phenoxy) is 2. The van der Waals surface area contributed by atoms with Crippen LogP contribution < -0.4 is 14.8 Å². The summed E-state index contributed by atoms with van der Waals surface area (Å²) in [6.07, 6.45) is 0.869. The summed E-state index contributed by atoms with van der Waals surface area (Å²) >= 11 is 0. The molecule has 6 heteroatoms. The molecule has 1 atom stereocenters. The molecule has 0 aliphatic carbocycles. The van der Waals surface area contributed by atoms with Crippen LogP contribution in [0.2, 0.25) is 0 Å². The van der Waals surface area contributed by atoms with Crippen LogP contribution in [-0.4, -0.2) is 42.3 Å². The third-order valence-electron chi connectivity index (χ3n) is 6.50. The molecule has 35 heavy (non-hydrogen) atoms. The molecule has 0 spiro atoms. The molecule has 1 saturated heterocycles. The predicted molar refractivity (Wildman–Crippen MR) is 139 cm³/mol. The van der Waals surface area contributed by atoms with Crippen LogP contribution >= 0.6 is 0 Å². The lowest BCUT2D eigenvalue weighted by atomic mass is 10.0. The Labute approximate surface area is 204 Å². The Morgan fingerprint density at radius 1 is 0.943 bits per heavy atom. The third kappa shape index (κ3) is 5.01. The van der Waals surface area contributed by atoms with E-state index in [9.17, 15) is 9.90 Å². The lowest BCUT2D eigenvalue weighted by molar-refractivity contribution is 0.142. The van der Waals surface area contributed by atoms with E-state index in [0.29, 0.717) is 24.6 Å². The van der Waals surface area contributed by atoms with Crippen molar-refractivity contribution in [2.24, 2.45) is 0 Å². The first-order chi connectivity index (χ1) is 17.1. The molecular formula is C29H28N2O4. The van der Waals surface area contributed by atoms with Crippen LogP contribution in [0.1, 0.15) is 12.8 Å². The summed E-state index contributed by atoms with van der Waals surface area (Å²) in [6.45, 7) is 1.11. The molecule has 1 aliphatic heterocycles. The number of hydrogen-bond donors (Lipinski definition) is 2. The van der Waals surface area contributed by atoms with Crippen molar-refractivity contribution in [2.75, 3.05) is 25.5 Å². The van der Waals surface area contributed by atoms with Crippen LogP contribution in [0.4, 0.5) is 10.5 Å². The number of carbonyl (C=O) groups is 1. The van der Waals surface area contributed by atoms with Crippen LogP contribution in [0.25, 0.3) is 21.9 Å². The fourth-order valence-electron chi connectivity index (χ4n) is 4.60. The molecule has 4 aromatic rings. The number of nitrogens with zero attached hydrogens (tertiary/aromatic N) is 1. The average Bonchev–Trinajstić information content (AvgIpc) is 3.37. The van der Waals surface area contributed by atoms with E-state index in [-0.39, 0.29) is 6.04 Å². The van der Waals surface area contributed by atoms with E-state index in [1.165, 1.54) is 15.7 Å². The minimum atomic E-state index is -0.865. The molecule has 178 valence electrons. The van der Waals surface area contributed by atoms with Crippen molar-refractivity contribution < 1.29 is 19.4 Å². The number of methoxy groups -OCH3 is 1. The quantitative estimate of drug-likeness (QED) is 0.310. The van der Waals surface area contributed by atoms with Gasteiger partial charge >= 0.3 is 6.09 Å². The lowest BCUT2D eigenvalue weighted by Crippen LogP contribution is -2.38. The Balaban J connectivity index is 1.45. The van der Waals surface area contributed by atoms with Crippen molar-refractivity contribution in [3.63, 3.8) is 0 Å². The van der Waals surface area contributed by atoms with Crippen molar-refractivity contribution in [3.05, 3.63) is 84.9 Å². The highest BCUT2D eigenvalue weighted by molar-refractivity contribution is 5.87. The van der Waals surface area contributed by atoms with Gasteiger partial charge in [0, 0.05) is 13.1 Å². The van der Waals surface area contributed by atoms with Crippen LogP contribution in [-0.2, 0) is 0 Å². The number of nitrogens with one attached hydrogen (secondary N) is 1. The summed E-state index contributed by atoms with van der Waals surface area (Å²) in [5.41, 5.74) is 2.96. The summed E-state index contributed by atoms with van der Waals surface area (Å²) in [5, 5.41) is 15.3.